The highest BCUT2D eigenvalue weighted by Crippen LogP contribution is 2.38. The third kappa shape index (κ3) is 12.0. The third-order valence-electron chi connectivity index (χ3n) is 7.03. The van der Waals surface area contributed by atoms with Crippen molar-refractivity contribution < 1.29 is 64.5 Å². The van der Waals surface area contributed by atoms with Crippen LogP contribution in [0.2, 0.25) is 0 Å². The summed E-state index contributed by atoms with van der Waals surface area (Å²) in [4.78, 5) is 38.0. The van der Waals surface area contributed by atoms with E-state index in [1.807, 2.05) is 43.6 Å². The fraction of sp³-hybridized carbons (Fsp3) is 0.323. The molecule has 2 amide bonds. The number of carbonyl (C=O) groups excluding carboxylic acids is 1. The minimum absolute atomic E-state index is 0.214. The molecule has 0 saturated carbocycles. The van der Waals surface area contributed by atoms with Gasteiger partial charge in [0.25, 0.3) is 0 Å². The lowest BCUT2D eigenvalue weighted by Crippen LogP contribution is -2.42. The normalized spacial score (nSPS) is 15.9. The number of hydrogen-bond donors (Lipinski definition) is 4. The summed E-state index contributed by atoms with van der Waals surface area (Å²) in [6, 6.07) is 12.8. The van der Waals surface area contributed by atoms with Crippen LogP contribution in [0.1, 0.15) is 11.5 Å². The fourth-order valence-electron chi connectivity index (χ4n) is 4.67. The number of aromatic nitrogens is 3. The lowest BCUT2D eigenvalue weighted by Gasteiger charge is -2.20. The first kappa shape index (κ1) is 41.3. The minimum atomic E-state index is -5.08. The Balaban J connectivity index is 0.000000441. The molecule has 5 rings (SSSR count). The summed E-state index contributed by atoms with van der Waals surface area (Å²) in [5.41, 5.74) is 3.03. The summed E-state index contributed by atoms with van der Waals surface area (Å²) >= 11 is 1.36. The first-order chi connectivity index (χ1) is 24.3. The molecule has 0 unspecified atom stereocenters. The van der Waals surface area contributed by atoms with Gasteiger partial charge in [-0.05, 0) is 17.7 Å². The Hall–Kier alpha value is -5.15. The van der Waals surface area contributed by atoms with Gasteiger partial charge in [0.05, 0.1) is 18.8 Å². The van der Waals surface area contributed by atoms with Gasteiger partial charge in [-0.25, -0.2) is 28.1 Å². The van der Waals surface area contributed by atoms with Crippen molar-refractivity contribution >= 4 is 34.3 Å². The number of hydrogen-bond acceptors (Lipinski definition) is 8. The number of likely N-dealkylation sites (tertiary alicyclic amines) is 1. The smallest absolute Gasteiger partial charge is 0.475 e. The zero-order valence-electron chi connectivity index (χ0n) is 27.0. The summed E-state index contributed by atoms with van der Waals surface area (Å²) in [6.07, 6.45) is -6.56. The van der Waals surface area contributed by atoms with Crippen LogP contribution in [0.5, 0.6) is 0 Å². The lowest BCUT2D eigenvalue weighted by molar-refractivity contribution is -0.193. The number of aliphatic carboxylic acids is 2. The molecule has 1 saturated heterocycles. The molecule has 2 aromatic carbocycles. The van der Waals surface area contributed by atoms with E-state index in [0.29, 0.717) is 42.5 Å². The molecule has 1 aliphatic heterocycles. The predicted octanol–water partition coefficient (Wildman–Crippen LogP) is 5.99. The number of aryl methyl sites for hydroxylation is 1. The van der Waals surface area contributed by atoms with Crippen LogP contribution in [0.3, 0.4) is 0 Å². The Kier molecular flexibility index (Phi) is 14.2. The standard InChI is InChI=1S/C27H28F2N6O2S.2C2HF3O2/c1-34-14-19(13-30-34)25-32-24(17-6-4-3-5-7-17)26(38-25)33-27(36)31-23-16-35(10-11-37-2)15-20(23)18-8-9-21(28)22(29)12-18;2*3-2(4,5)1(6)7/h3-9,12-14,20,23H,10-11,15-16H2,1-2H3,(H2,31,33,36);2*(H,6,7)/t20-,23+;;/m0../s1. The summed E-state index contributed by atoms with van der Waals surface area (Å²) in [6.45, 7) is 2.33. The molecule has 1 fully saturated rings. The number of thiazole rings is 1. The average molecular weight is 767 g/mol. The molecule has 0 aliphatic carbocycles. The van der Waals surface area contributed by atoms with Gasteiger partial charge in [-0.3, -0.25) is 14.9 Å². The molecule has 12 nitrogen and oxygen atoms in total. The molecule has 0 bridgehead atoms. The van der Waals surface area contributed by atoms with Crippen molar-refractivity contribution in [2.24, 2.45) is 7.05 Å². The number of nitrogens with one attached hydrogen (secondary N) is 2. The SMILES string of the molecule is COCCN1C[C@@H](NC(=O)Nc2sc(-c3cnn(C)c3)nc2-c2ccccc2)[C@H](c2ccc(F)c(F)c2)C1.O=C(O)C(F)(F)F.O=C(O)C(F)(F)F. The topological polar surface area (TPSA) is 159 Å². The number of carboxylic acid groups (broad SMARTS) is 2. The number of urea groups is 1. The van der Waals surface area contributed by atoms with Crippen LogP contribution >= 0.6 is 11.3 Å². The Labute approximate surface area is 293 Å². The number of carbonyl (C=O) groups is 3. The van der Waals surface area contributed by atoms with Gasteiger partial charge in [-0.15, -0.1) is 0 Å². The van der Waals surface area contributed by atoms with E-state index >= 15 is 0 Å². The first-order valence-electron chi connectivity index (χ1n) is 14.7. The second-order valence-corrected chi connectivity index (χ2v) is 11.8. The van der Waals surface area contributed by atoms with Crippen LogP contribution in [0.25, 0.3) is 21.8 Å². The number of rotatable bonds is 8. The van der Waals surface area contributed by atoms with Gasteiger partial charge in [-0.2, -0.15) is 31.4 Å². The van der Waals surface area contributed by atoms with Gasteiger partial charge in [0.2, 0.25) is 0 Å². The van der Waals surface area contributed by atoms with E-state index in [0.717, 1.165) is 22.2 Å². The molecule has 0 spiro atoms. The molecule has 0 radical (unpaired) electrons. The minimum Gasteiger partial charge on any atom is -0.475 e. The quantitative estimate of drug-likeness (QED) is 0.158. The highest BCUT2D eigenvalue weighted by Gasteiger charge is 2.39. The largest absolute Gasteiger partial charge is 0.490 e. The number of ether oxygens (including phenoxy) is 1. The second-order valence-electron chi connectivity index (χ2n) is 10.8. The molecule has 21 heteroatoms. The van der Waals surface area contributed by atoms with Crippen LogP contribution in [-0.4, -0.2) is 99.6 Å². The zero-order valence-corrected chi connectivity index (χ0v) is 27.8. The van der Waals surface area contributed by atoms with Crippen molar-refractivity contribution in [3.05, 3.63) is 78.1 Å². The molecule has 2 atom stereocenters. The molecular formula is C31H30F8N6O6S. The molecular weight excluding hydrogens is 736 g/mol. The summed E-state index contributed by atoms with van der Waals surface area (Å²) in [5.74, 6) is -7.52. The highest BCUT2D eigenvalue weighted by atomic mass is 32.1. The van der Waals surface area contributed by atoms with Crippen molar-refractivity contribution in [2.45, 2.75) is 24.3 Å². The number of benzene rings is 2. The van der Waals surface area contributed by atoms with E-state index in [1.54, 1.807) is 24.1 Å². The molecule has 2 aromatic heterocycles. The van der Waals surface area contributed by atoms with Crippen LogP contribution in [0.15, 0.2) is 60.9 Å². The summed E-state index contributed by atoms with van der Waals surface area (Å²) in [5, 5.41) is 25.9. The molecule has 3 heterocycles. The van der Waals surface area contributed by atoms with E-state index in [4.69, 9.17) is 29.5 Å². The average Bonchev–Trinajstić information content (AvgIpc) is 3.80. The van der Waals surface area contributed by atoms with E-state index in [-0.39, 0.29) is 12.0 Å². The van der Waals surface area contributed by atoms with Crippen LogP contribution in [0.4, 0.5) is 44.9 Å². The number of alkyl halides is 6. The van der Waals surface area contributed by atoms with Crippen molar-refractivity contribution in [1.29, 1.82) is 0 Å². The van der Waals surface area contributed by atoms with Crippen LogP contribution in [0, 0.1) is 11.6 Å². The molecule has 1 aliphatic rings. The van der Waals surface area contributed by atoms with E-state index < -0.39 is 42.0 Å². The number of carboxylic acids is 2. The Morgan fingerprint density at radius 2 is 1.56 bits per heavy atom. The van der Waals surface area contributed by atoms with Gasteiger partial charge in [-0.1, -0.05) is 47.7 Å². The van der Waals surface area contributed by atoms with Crippen LogP contribution < -0.4 is 10.6 Å². The summed E-state index contributed by atoms with van der Waals surface area (Å²) in [7, 11) is 3.47. The Morgan fingerprint density at radius 1 is 0.942 bits per heavy atom. The van der Waals surface area contributed by atoms with E-state index in [1.165, 1.54) is 17.4 Å². The van der Waals surface area contributed by atoms with Crippen molar-refractivity contribution in [3.8, 4) is 21.8 Å². The van der Waals surface area contributed by atoms with Gasteiger partial charge in [0.1, 0.15) is 15.7 Å². The van der Waals surface area contributed by atoms with E-state index in [2.05, 4.69) is 20.6 Å². The fourth-order valence-corrected chi connectivity index (χ4v) is 5.63. The predicted molar refractivity (Wildman–Crippen MR) is 170 cm³/mol. The molecule has 4 N–H and O–H groups in total. The van der Waals surface area contributed by atoms with E-state index in [9.17, 15) is 39.9 Å². The first-order valence-corrected chi connectivity index (χ1v) is 15.5. The maximum absolute atomic E-state index is 14.0. The molecule has 52 heavy (non-hydrogen) atoms. The number of nitrogens with zero attached hydrogens (tertiary/aromatic N) is 4. The number of halogens is 8. The summed E-state index contributed by atoms with van der Waals surface area (Å²) < 4.78 is 98.0. The maximum atomic E-state index is 14.0. The van der Waals surface area contributed by atoms with Crippen molar-refractivity contribution in [3.63, 3.8) is 0 Å². The Bertz CT molecular complexity index is 1800. The molecule has 282 valence electrons. The number of anilines is 1. The lowest BCUT2D eigenvalue weighted by atomic mass is 9.94. The van der Waals surface area contributed by atoms with Gasteiger partial charge >= 0.3 is 30.3 Å². The van der Waals surface area contributed by atoms with Crippen LogP contribution in [-0.2, 0) is 21.4 Å². The second kappa shape index (κ2) is 17.9. The van der Waals surface area contributed by atoms with Crippen molar-refractivity contribution in [2.75, 3.05) is 38.7 Å². The van der Waals surface area contributed by atoms with Gasteiger partial charge in [0.15, 0.2) is 11.6 Å². The van der Waals surface area contributed by atoms with Gasteiger partial charge in [0, 0.05) is 57.0 Å². The number of methoxy groups -OCH3 is 1. The zero-order chi connectivity index (χ0) is 38.8. The van der Waals surface area contributed by atoms with Gasteiger partial charge < -0.3 is 20.3 Å². The maximum Gasteiger partial charge on any atom is 0.490 e. The Morgan fingerprint density at radius 3 is 2.08 bits per heavy atom. The highest BCUT2D eigenvalue weighted by molar-refractivity contribution is 7.19. The van der Waals surface area contributed by atoms with Crippen molar-refractivity contribution in [1.82, 2.24) is 25.0 Å². The number of amides is 2. The molecule has 4 aromatic rings. The monoisotopic (exact) mass is 766 g/mol. The third-order valence-corrected chi connectivity index (χ3v) is 8.05.